The molecule has 0 unspecified atom stereocenters. The molecule has 0 heterocycles. The number of allylic oxidation sites excluding steroid dienone is 4. The maximum absolute atomic E-state index is 9.58. The zero-order valence-corrected chi connectivity index (χ0v) is 9.58. The molecule has 0 saturated heterocycles. The number of aliphatic hydroxyl groups is 1. The van der Waals surface area contributed by atoms with Crippen LogP contribution in [-0.2, 0) is 0 Å². The quantitative estimate of drug-likeness (QED) is 0.585. The molecule has 0 radical (unpaired) electrons. The van der Waals surface area contributed by atoms with Gasteiger partial charge in [0.2, 0.25) is 0 Å². The van der Waals surface area contributed by atoms with Crippen LogP contribution in [-0.4, -0.2) is 11.2 Å². The van der Waals surface area contributed by atoms with E-state index in [1.54, 1.807) is 0 Å². The van der Waals surface area contributed by atoms with Crippen LogP contribution in [0.2, 0.25) is 0 Å². The predicted octanol–water partition coefficient (Wildman–Crippen LogP) is 3.84. The molecule has 0 aromatic heterocycles. The first-order valence-electron chi connectivity index (χ1n) is 5.79. The largest absolute Gasteiger partial charge is 0.393 e. The molecule has 82 valence electrons. The fraction of sp³-hybridized carbons (Fsp3) is 0.692. The molecule has 0 saturated carbocycles. The second kappa shape index (κ2) is 10.5. The molecule has 1 nitrogen and oxygen atoms in total. The minimum atomic E-state index is -0.127. The lowest BCUT2D eigenvalue weighted by atomic mass is 10.1. The van der Waals surface area contributed by atoms with Gasteiger partial charge < -0.3 is 5.11 Å². The summed E-state index contributed by atoms with van der Waals surface area (Å²) in [6.07, 6.45) is 14.5. The Morgan fingerprint density at radius 1 is 0.857 bits per heavy atom. The van der Waals surface area contributed by atoms with E-state index in [4.69, 9.17) is 0 Å². The van der Waals surface area contributed by atoms with Gasteiger partial charge >= 0.3 is 0 Å². The first-order valence-corrected chi connectivity index (χ1v) is 5.79. The second-order valence-corrected chi connectivity index (χ2v) is 3.57. The maximum Gasteiger partial charge on any atom is 0.0546 e. The molecular weight excluding hydrogens is 172 g/mol. The van der Waals surface area contributed by atoms with Crippen LogP contribution in [0.5, 0.6) is 0 Å². The van der Waals surface area contributed by atoms with Gasteiger partial charge in [-0.3, -0.25) is 0 Å². The normalized spacial score (nSPS) is 12.3. The SMILES string of the molecule is CC/C=C/CCC(O)CC/C=C/CC. The summed E-state index contributed by atoms with van der Waals surface area (Å²) in [6.45, 7) is 4.25. The smallest absolute Gasteiger partial charge is 0.0546 e. The van der Waals surface area contributed by atoms with Gasteiger partial charge in [-0.25, -0.2) is 0 Å². The highest BCUT2D eigenvalue weighted by Gasteiger charge is 2.00. The fourth-order valence-electron chi connectivity index (χ4n) is 1.29. The molecule has 0 aliphatic rings. The minimum Gasteiger partial charge on any atom is -0.393 e. The van der Waals surface area contributed by atoms with Crippen molar-refractivity contribution in [2.45, 2.75) is 58.5 Å². The summed E-state index contributed by atoms with van der Waals surface area (Å²) in [5.74, 6) is 0. The lowest BCUT2D eigenvalue weighted by molar-refractivity contribution is 0.157. The Balaban J connectivity index is 3.31. The monoisotopic (exact) mass is 196 g/mol. The summed E-state index contributed by atoms with van der Waals surface area (Å²) < 4.78 is 0. The first-order chi connectivity index (χ1) is 6.81. The van der Waals surface area contributed by atoms with Crippen LogP contribution in [0.25, 0.3) is 0 Å². The highest BCUT2D eigenvalue weighted by molar-refractivity contribution is 4.83. The topological polar surface area (TPSA) is 20.2 Å². The van der Waals surface area contributed by atoms with Crippen molar-refractivity contribution in [3.63, 3.8) is 0 Å². The van der Waals surface area contributed by atoms with E-state index in [0.29, 0.717) is 0 Å². The third-order valence-electron chi connectivity index (χ3n) is 2.14. The minimum absolute atomic E-state index is 0.127. The zero-order chi connectivity index (χ0) is 10.6. The summed E-state index contributed by atoms with van der Waals surface area (Å²) >= 11 is 0. The fourth-order valence-corrected chi connectivity index (χ4v) is 1.29. The standard InChI is InChI=1S/C13H24O/c1-3-5-7-9-11-13(14)12-10-8-6-4-2/h5-8,13-14H,3-4,9-12H2,1-2H3/b7-5+,8-6+. The molecule has 0 aromatic rings. The molecule has 0 amide bonds. The van der Waals surface area contributed by atoms with E-state index in [9.17, 15) is 5.11 Å². The molecule has 0 spiro atoms. The van der Waals surface area contributed by atoms with Crippen LogP contribution in [0.3, 0.4) is 0 Å². The molecule has 1 heteroatoms. The third kappa shape index (κ3) is 9.53. The number of rotatable bonds is 8. The maximum atomic E-state index is 9.58. The average Bonchev–Trinajstić information content (AvgIpc) is 2.19. The molecule has 1 N–H and O–H groups in total. The van der Waals surface area contributed by atoms with Crippen molar-refractivity contribution in [1.29, 1.82) is 0 Å². The van der Waals surface area contributed by atoms with Gasteiger partial charge in [-0.1, -0.05) is 38.2 Å². The van der Waals surface area contributed by atoms with Crippen LogP contribution in [0.4, 0.5) is 0 Å². The summed E-state index contributed by atoms with van der Waals surface area (Å²) in [5, 5.41) is 9.58. The Kier molecular flexibility index (Phi) is 10.1. The van der Waals surface area contributed by atoms with Gasteiger partial charge in [0, 0.05) is 0 Å². The molecule has 0 aliphatic heterocycles. The summed E-state index contributed by atoms with van der Waals surface area (Å²) in [6, 6.07) is 0. The van der Waals surface area contributed by atoms with E-state index in [-0.39, 0.29) is 6.10 Å². The van der Waals surface area contributed by atoms with Gasteiger partial charge in [0.25, 0.3) is 0 Å². The summed E-state index contributed by atoms with van der Waals surface area (Å²) in [4.78, 5) is 0. The lowest BCUT2D eigenvalue weighted by Gasteiger charge is -2.06. The van der Waals surface area contributed by atoms with Crippen LogP contribution >= 0.6 is 0 Å². The van der Waals surface area contributed by atoms with Crippen molar-refractivity contribution in [3.8, 4) is 0 Å². The zero-order valence-electron chi connectivity index (χ0n) is 9.58. The Bertz CT molecular complexity index is 141. The van der Waals surface area contributed by atoms with Gasteiger partial charge in [-0.05, 0) is 38.5 Å². The van der Waals surface area contributed by atoms with Crippen molar-refractivity contribution >= 4 is 0 Å². The van der Waals surface area contributed by atoms with Gasteiger partial charge in [0.05, 0.1) is 6.10 Å². The molecule has 0 aliphatic carbocycles. The molecule has 14 heavy (non-hydrogen) atoms. The number of hydrogen-bond acceptors (Lipinski definition) is 1. The molecule has 0 atom stereocenters. The van der Waals surface area contributed by atoms with Gasteiger partial charge in [-0.15, -0.1) is 0 Å². The van der Waals surface area contributed by atoms with Crippen LogP contribution in [0.15, 0.2) is 24.3 Å². The van der Waals surface area contributed by atoms with Crippen LogP contribution < -0.4 is 0 Å². The lowest BCUT2D eigenvalue weighted by Crippen LogP contribution is -2.04. The second-order valence-electron chi connectivity index (χ2n) is 3.57. The van der Waals surface area contributed by atoms with Crippen molar-refractivity contribution in [3.05, 3.63) is 24.3 Å². The molecular formula is C13H24O. The molecule has 0 rings (SSSR count). The Labute approximate surface area is 88.5 Å². The number of hydrogen-bond donors (Lipinski definition) is 1. The molecule has 0 bridgehead atoms. The van der Waals surface area contributed by atoms with Crippen molar-refractivity contribution < 1.29 is 5.11 Å². The van der Waals surface area contributed by atoms with E-state index < -0.39 is 0 Å². The van der Waals surface area contributed by atoms with Crippen LogP contribution in [0.1, 0.15) is 52.4 Å². The van der Waals surface area contributed by atoms with Gasteiger partial charge in [-0.2, -0.15) is 0 Å². The molecule has 0 aromatic carbocycles. The average molecular weight is 196 g/mol. The van der Waals surface area contributed by atoms with E-state index in [1.807, 2.05) is 0 Å². The van der Waals surface area contributed by atoms with E-state index >= 15 is 0 Å². The van der Waals surface area contributed by atoms with E-state index in [0.717, 1.165) is 38.5 Å². The number of aliphatic hydroxyl groups excluding tert-OH is 1. The van der Waals surface area contributed by atoms with Crippen LogP contribution in [0, 0.1) is 0 Å². The van der Waals surface area contributed by atoms with Crippen molar-refractivity contribution in [1.82, 2.24) is 0 Å². The van der Waals surface area contributed by atoms with Crippen molar-refractivity contribution in [2.24, 2.45) is 0 Å². The van der Waals surface area contributed by atoms with E-state index in [2.05, 4.69) is 38.2 Å². The van der Waals surface area contributed by atoms with Gasteiger partial charge in [0.15, 0.2) is 0 Å². The Morgan fingerprint density at radius 2 is 1.29 bits per heavy atom. The first kappa shape index (κ1) is 13.4. The summed E-state index contributed by atoms with van der Waals surface area (Å²) in [5.41, 5.74) is 0. The molecule has 0 fully saturated rings. The van der Waals surface area contributed by atoms with Crippen molar-refractivity contribution in [2.75, 3.05) is 0 Å². The Morgan fingerprint density at radius 3 is 1.64 bits per heavy atom. The summed E-state index contributed by atoms with van der Waals surface area (Å²) in [7, 11) is 0. The Hall–Kier alpha value is -0.560. The predicted molar refractivity (Wildman–Crippen MR) is 63.3 cm³/mol. The van der Waals surface area contributed by atoms with E-state index in [1.165, 1.54) is 0 Å². The highest BCUT2D eigenvalue weighted by atomic mass is 16.3. The third-order valence-corrected chi connectivity index (χ3v) is 2.14. The highest BCUT2D eigenvalue weighted by Crippen LogP contribution is 2.06. The van der Waals surface area contributed by atoms with Gasteiger partial charge in [0.1, 0.15) is 0 Å².